The number of carbonyl (C=O) groups excluding carboxylic acids is 1. The SMILES string of the molecule is NCc1cccc(Cl)c1NC(N)=O. The van der Waals surface area contributed by atoms with Gasteiger partial charge in [0.2, 0.25) is 0 Å². The average molecular weight is 200 g/mol. The van der Waals surface area contributed by atoms with Gasteiger partial charge in [0.15, 0.2) is 0 Å². The molecule has 4 nitrogen and oxygen atoms in total. The first-order chi connectivity index (χ1) is 6.15. The van der Waals surface area contributed by atoms with Gasteiger partial charge in [-0.25, -0.2) is 4.79 Å². The highest BCUT2D eigenvalue weighted by Gasteiger charge is 2.06. The van der Waals surface area contributed by atoms with E-state index >= 15 is 0 Å². The Morgan fingerprint density at radius 2 is 2.23 bits per heavy atom. The van der Waals surface area contributed by atoms with Gasteiger partial charge in [-0.05, 0) is 11.6 Å². The Morgan fingerprint density at radius 3 is 2.77 bits per heavy atom. The smallest absolute Gasteiger partial charge is 0.316 e. The van der Waals surface area contributed by atoms with Crippen molar-refractivity contribution in [1.82, 2.24) is 0 Å². The van der Waals surface area contributed by atoms with E-state index in [1.807, 2.05) is 0 Å². The summed E-state index contributed by atoms with van der Waals surface area (Å²) in [5.41, 5.74) is 11.7. The van der Waals surface area contributed by atoms with Crippen LogP contribution in [0.4, 0.5) is 10.5 Å². The molecule has 0 saturated heterocycles. The second-order valence-electron chi connectivity index (χ2n) is 2.47. The highest BCUT2D eigenvalue weighted by molar-refractivity contribution is 6.33. The first-order valence-corrected chi connectivity index (χ1v) is 4.07. The number of nitrogens with two attached hydrogens (primary N) is 2. The van der Waals surface area contributed by atoms with Gasteiger partial charge < -0.3 is 16.8 Å². The van der Waals surface area contributed by atoms with Crippen molar-refractivity contribution in [1.29, 1.82) is 0 Å². The first kappa shape index (κ1) is 9.83. The van der Waals surface area contributed by atoms with E-state index in [9.17, 15) is 4.79 Å². The van der Waals surface area contributed by atoms with Gasteiger partial charge in [-0.2, -0.15) is 0 Å². The molecule has 0 aliphatic heterocycles. The van der Waals surface area contributed by atoms with Crippen molar-refractivity contribution in [3.63, 3.8) is 0 Å². The molecular weight excluding hydrogens is 190 g/mol. The topological polar surface area (TPSA) is 81.1 Å². The van der Waals surface area contributed by atoms with E-state index in [2.05, 4.69) is 5.32 Å². The highest BCUT2D eigenvalue weighted by Crippen LogP contribution is 2.25. The Kier molecular flexibility index (Phi) is 3.11. The molecule has 5 heteroatoms. The third-order valence-electron chi connectivity index (χ3n) is 1.57. The Balaban J connectivity index is 3.07. The molecule has 5 N–H and O–H groups in total. The zero-order valence-corrected chi connectivity index (χ0v) is 7.64. The van der Waals surface area contributed by atoms with E-state index < -0.39 is 6.03 Å². The molecule has 0 heterocycles. The van der Waals surface area contributed by atoms with E-state index in [4.69, 9.17) is 23.1 Å². The molecule has 1 aromatic rings. The van der Waals surface area contributed by atoms with Crippen LogP contribution in [0.1, 0.15) is 5.56 Å². The molecule has 1 rings (SSSR count). The number of hydrogen-bond donors (Lipinski definition) is 3. The molecule has 0 radical (unpaired) electrons. The molecule has 0 saturated carbocycles. The lowest BCUT2D eigenvalue weighted by molar-refractivity contribution is 0.259. The van der Waals surface area contributed by atoms with Gasteiger partial charge in [-0.3, -0.25) is 0 Å². The zero-order chi connectivity index (χ0) is 9.84. The molecule has 13 heavy (non-hydrogen) atoms. The zero-order valence-electron chi connectivity index (χ0n) is 6.88. The van der Waals surface area contributed by atoms with E-state index in [-0.39, 0.29) is 0 Å². The number of halogens is 1. The van der Waals surface area contributed by atoms with Crippen LogP contribution in [0.25, 0.3) is 0 Å². The summed E-state index contributed by atoms with van der Waals surface area (Å²) in [5.74, 6) is 0. The number of rotatable bonds is 2. The maximum absolute atomic E-state index is 10.6. The fourth-order valence-electron chi connectivity index (χ4n) is 1.00. The number of para-hydroxylation sites is 1. The number of carbonyl (C=O) groups is 1. The predicted octanol–water partition coefficient (Wildman–Crippen LogP) is 1.29. The monoisotopic (exact) mass is 199 g/mol. The van der Waals surface area contributed by atoms with Crippen LogP contribution in [0.2, 0.25) is 5.02 Å². The van der Waals surface area contributed by atoms with Gasteiger partial charge in [0.25, 0.3) is 0 Å². The normalized spacial score (nSPS) is 9.69. The molecule has 0 atom stereocenters. The van der Waals surface area contributed by atoms with Gasteiger partial charge in [-0.1, -0.05) is 23.7 Å². The molecule has 0 fully saturated rings. The summed E-state index contributed by atoms with van der Waals surface area (Å²) in [5, 5.41) is 2.85. The van der Waals surface area contributed by atoms with Crippen molar-refractivity contribution >= 4 is 23.3 Å². The van der Waals surface area contributed by atoms with Crippen LogP contribution < -0.4 is 16.8 Å². The first-order valence-electron chi connectivity index (χ1n) is 3.69. The van der Waals surface area contributed by atoms with Crippen LogP contribution in [0.3, 0.4) is 0 Å². The molecule has 0 aromatic heterocycles. The van der Waals surface area contributed by atoms with Crippen molar-refractivity contribution in [3.05, 3.63) is 28.8 Å². The maximum atomic E-state index is 10.6. The third kappa shape index (κ3) is 2.34. The van der Waals surface area contributed by atoms with Crippen LogP contribution in [-0.2, 0) is 6.54 Å². The Labute approximate surface area is 80.9 Å². The number of anilines is 1. The van der Waals surface area contributed by atoms with Crippen LogP contribution in [0.15, 0.2) is 18.2 Å². The largest absolute Gasteiger partial charge is 0.351 e. The third-order valence-corrected chi connectivity index (χ3v) is 1.88. The van der Waals surface area contributed by atoms with Gasteiger partial charge in [0.05, 0.1) is 10.7 Å². The predicted molar refractivity (Wildman–Crippen MR) is 52.5 cm³/mol. The second kappa shape index (κ2) is 4.11. The molecule has 70 valence electrons. The van der Waals surface area contributed by atoms with Crippen molar-refractivity contribution in [2.75, 3.05) is 5.32 Å². The molecule has 0 aliphatic carbocycles. The summed E-state index contributed by atoms with van der Waals surface area (Å²) in [6.07, 6.45) is 0. The van der Waals surface area contributed by atoms with Crippen LogP contribution >= 0.6 is 11.6 Å². The lowest BCUT2D eigenvalue weighted by Crippen LogP contribution is -2.21. The number of urea groups is 1. The number of primary amides is 1. The van der Waals surface area contributed by atoms with Crippen LogP contribution in [0.5, 0.6) is 0 Å². The Hall–Kier alpha value is -1.26. The van der Waals surface area contributed by atoms with Gasteiger partial charge in [0, 0.05) is 6.54 Å². The fraction of sp³-hybridized carbons (Fsp3) is 0.125. The average Bonchev–Trinajstić information content (AvgIpc) is 2.08. The van der Waals surface area contributed by atoms with E-state index in [1.54, 1.807) is 18.2 Å². The number of benzene rings is 1. The lowest BCUT2D eigenvalue weighted by atomic mass is 10.2. The summed E-state index contributed by atoms with van der Waals surface area (Å²) in [4.78, 5) is 10.6. The van der Waals surface area contributed by atoms with Crippen molar-refractivity contribution in [2.24, 2.45) is 11.5 Å². The molecule has 0 unspecified atom stereocenters. The summed E-state index contributed by atoms with van der Waals surface area (Å²) < 4.78 is 0. The van der Waals surface area contributed by atoms with E-state index in [1.165, 1.54) is 0 Å². The second-order valence-corrected chi connectivity index (χ2v) is 2.87. The highest BCUT2D eigenvalue weighted by atomic mass is 35.5. The molecule has 1 aromatic carbocycles. The number of amides is 2. The summed E-state index contributed by atoms with van der Waals surface area (Å²) >= 11 is 5.83. The van der Waals surface area contributed by atoms with Crippen molar-refractivity contribution in [2.45, 2.75) is 6.54 Å². The molecule has 2 amide bonds. The molecule has 0 bridgehead atoms. The molecule has 0 spiro atoms. The van der Waals surface area contributed by atoms with E-state index in [0.717, 1.165) is 5.56 Å². The van der Waals surface area contributed by atoms with Crippen molar-refractivity contribution < 1.29 is 4.79 Å². The summed E-state index contributed by atoms with van der Waals surface area (Å²) in [7, 11) is 0. The summed E-state index contributed by atoms with van der Waals surface area (Å²) in [6.45, 7) is 0.302. The maximum Gasteiger partial charge on any atom is 0.316 e. The Morgan fingerprint density at radius 1 is 1.54 bits per heavy atom. The minimum absolute atomic E-state index is 0.302. The van der Waals surface area contributed by atoms with Crippen molar-refractivity contribution in [3.8, 4) is 0 Å². The Bertz CT molecular complexity index is 327. The molecular formula is C8H10ClN3O. The molecule has 0 aliphatic rings. The number of hydrogen-bond acceptors (Lipinski definition) is 2. The van der Waals surface area contributed by atoms with E-state index in [0.29, 0.717) is 17.3 Å². The lowest BCUT2D eigenvalue weighted by Gasteiger charge is -2.09. The van der Waals surface area contributed by atoms with Gasteiger partial charge >= 0.3 is 6.03 Å². The minimum atomic E-state index is -0.650. The summed E-state index contributed by atoms with van der Waals surface area (Å²) in [6, 6.07) is 4.54. The number of nitrogens with one attached hydrogen (secondary N) is 1. The quantitative estimate of drug-likeness (QED) is 0.671. The van der Waals surface area contributed by atoms with Gasteiger partial charge in [0.1, 0.15) is 0 Å². The van der Waals surface area contributed by atoms with Crippen LogP contribution in [0, 0.1) is 0 Å². The van der Waals surface area contributed by atoms with Gasteiger partial charge in [-0.15, -0.1) is 0 Å². The minimum Gasteiger partial charge on any atom is -0.351 e. The standard InChI is InChI=1S/C8H10ClN3O/c9-6-3-1-2-5(4-10)7(6)12-8(11)13/h1-3H,4,10H2,(H3,11,12,13). The fourth-order valence-corrected chi connectivity index (χ4v) is 1.24. The van der Waals surface area contributed by atoms with Crippen LogP contribution in [-0.4, -0.2) is 6.03 Å².